The Labute approximate surface area is 118 Å². The molecule has 5 heteroatoms. The van der Waals surface area contributed by atoms with Crippen LogP contribution < -0.4 is 5.32 Å². The largest absolute Gasteiger partial charge is 0.331 e. The number of hydrogen-bond donors (Lipinski definition) is 1. The quantitative estimate of drug-likeness (QED) is 0.836. The van der Waals surface area contributed by atoms with Gasteiger partial charge in [0.1, 0.15) is 5.92 Å². The summed E-state index contributed by atoms with van der Waals surface area (Å²) in [6, 6.07) is 8.63. The summed E-state index contributed by atoms with van der Waals surface area (Å²) in [7, 11) is 0. The molecule has 1 N–H and O–H groups in total. The lowest BCUT2D eigenvalue weighted by atomic mass is 9.97. The number of hydrogen-bond acceptors (Lipinski definition) is 3. The van der Waals surface area contributed by atoms with E-state index < -0.39 is 23.8 Å². The molecule has 1 fully saturated rings. The van der Waals surface area contributed by atoms with Gasteiger partial charge < -0.3 is 0 Å². The van der Waals surface area contributed by atoms with Crippen LogP contribution in [0.1, 0.15) is 31.7 Å². The molecule has 106 valence electrons. The highest BCUT2D eigenvalue weighted by molar-refractivity contribution is 6.16. The molecule has 1 unspecified atom stereocenters. The fraction of sp³-hybridized carbons (Fsp3) is 0.400. The Morgan fingerprint density at radius 1 is 1.15 bits per heavy atom. The molecule has 0 aromatic heterocycles. The van der Waals surface area contributed by atoms with E-state index in [1.54, 1.807) is 0 Å². The second-order valence-electron chi connectivity index (χ2n) is 4.90. The van der Waals surface area contributed by atoms with Crippen molar-refractivity contribution in [3.05, 3.63) is 35.9 Å². The molecule has 20 heavy (non-hydrogen) atoms. The number of barbiturate groups is 1. The van der Waals surface area contributed by atoms with Crippen LogP contribution >= 0.6 is 0 Å². The molecule has 0 aliphatic carbocycles. The van der Waals surface area contributed by atoms with Crippen LogP contribution in [0.15, 0.2) is 30.3 Å². The maximum absolute atomic E-state index is 12.3. The molecule has 1 atom stereocenters. The van der Waals surface area contributed by atoms with Gasteiger partial charge in [-0.3, -0.25) is 19.8 Å². The minimum Gasteiger partial charge on any atom is -0.277 e. The molecule has 0 saturated carbocycles. The maximum Gasteiger partial charge on any atom is 0.331 e. The van der Waals surface area contributed by atoms with Crippen molar-refractivity contribution in [1.29, 1.82) is 0 Å². The predicted octanol–water partition coefficient (Wildman–Crippen LogP) is 2.07. The second-order valence-corrected chi connectivity index (χ2v) is 4.90. The summed E-state index contributed by atoms with van der Waals surface area (Å²) < 4.78 is 0. The van der Waals surface area contributed by atoms with Crippen molar-refractivity contribution in [2.75, 3.05) is 0 Å². The summed E-state index contributed by atoms with van der Waals surface area (Å²) in [6.07, 6.45) is 2.18. The van der Waals surface area contributed by atoms with Crippen molar-refractivity contribution in [3.8, 4) is 0 Å². The molecule has 0 spiro atoms. The Balaban J connectivity index is 2.13. The van der Waals surface area contributed by atoms with Crippen LogP contribution in [0.2, 0.25) is 0 Å². The molecular formula is C15H18N2O3. The lowest BCUT2D eigenvalue weighted by Crippen LogP contribution is -2.57. The Morgan fingerprint density at radius 3 is 2.50 bits per heavy atom. The lowest BCUT2D eigenvalue weighted by Gasteiger charge is -2.30. The highest BCUT2D eigenvalue weighted by Gasteiger charge is 2.39. The molecule has 5 nitrogen and oxygen atoms in total. The molecule has 0 radical (unpaired) electrons. The van der Waals surface area contributed by atoms with Gasteiger partial charge in [0.2, 0.25) is 11.8 Å². The van der Waals surface area contributed by atoms with E-state index in [-0.39, 0.29) is 6.54 Å². The number of imide groups is 2. The van der Waals surface area contributed by atoms with Gasteiger partial charge in [-0.25, -0.2) is 4.79 Å². The maximum atomic E-state index is 12.3. The fourth-order valence-electron chi connectivity index (χ4n) is 2.24. The third-order valence-electron chi connectivity index (χ3n) is 3.39. The standard InChI is InChI=1S/C15H18N2O3/c1-2-3-9-12-13(18)16-15(20)17(14(12)19)10-11-7-5-4-6-8-11/h4-8,12H,2-3,9-10H2,1H3,(H,16,18,20). The van der Waals surface area contributed by atoms with Gasteiger partial charge in [-0.05, 0) is 12.0 Å². The summed E-state index contributed by atoms with van der Waals surface area (Å²) >= 11 is 0. The van der Waals surface area contributed by atoms with E-state index in [1.165, 1.54) is 0 Å². The van der Waals surface area contributed by atoms with Gasteiger partial charge in [0.25, 0.3) is 0 Å². The first-order chi connectivity index (χ1) is 9.63. The van der Waals surface area contributed by atoms with Crippen LogP contribution in [0.4, 0.5) is 4.79 Å². The molecular weight excluding hydrogens is 256 g/mol. The first-order valence-corrected chi connectivity index (χ1v) is 6.83. The van der Waals surface area contributed by atoms with Crippen LogP contribution in [0.3, 0.4) is 0 Å². The Bertz CT molecular complexity index is 513. The number of benzene rings is 1. The van der Waals surface area contributed by atoms with E-state index in [2.05, 4.69) is 5.32 Å². The molecule has 4 amide bonds. The van der Waals surface area contributed by atoms with Gasteiger partial charge in [-0.15, -0.1) is 0 Å². The Hall–Kier alpha value is -2.17. The molecule has 0 bridgehead atoms. The van der Waals surface area contributed by atoms with Crippen molar-refractivity contribution in [2.24, 2.45) is 5.92 Å². The molecule has 1 aliphatic heterocycles. The van der Waals surface area contributed by atoms with Crippen LogP contribution in [0.5, 0.6) is 0 Å². The summed E-state index contributed by atoms with van der Waals surface area (Å²) in [6.45, 7) is 2.19. The van der Waals surface area contributed by atoms with Crippen molar-refractivity contribution >= 4 is 17.8 Å². The normalized spacial score (nSPS) is 19.1. The number of carbonyl (C=O) groups excluding carboxylic acids is 3. The number of nitrogens with one attached hydrogen (secondary N) is 1. The Morgan fingerprint density at radius 2 is 1.85 bits per heavy atom. The molecule has 1 aliphatic rings. The average Bonchev–Trinajstić information content (AvgIpc) is 2.44. The van der Waals surface area contributed by atoms with Crippen LogP contribution in [0.25, 0.3) is 0 Å². The first kappa shape index (κ1) is 14.2. The van der Waals surface area contributed by atoms with Crippen molar-refractivity contribution < 1.29 is 14.4 Å². The first-order valence-electron chi connectivity index (χ1n) is 6.83. The third kappa shape index (κ3) is 3.04. The average molecular weight is 274 g/mol. The smallest absolute Gasteiger partial charge is 0.277 e. The molecule has 2 rings (SSSR count). The van der Waals surface area contributed by atoms with Crippen molar-refractivity contribution in [3.63, 3.8) is 0 Å². The molecule has 1 heterocycles. The van der Waals surface area contributed by atoms with Gasteiger partial charge in [-0.2, -0.15) is 0 Å². The van der Waals surface area contributed by atoms with E-state index in [0.717, 1.165) is 23.3 Å². The lowest BCUT2D eigenvalue weighted by molar-refractivity contribution is -0.143. The summed E-state index contributed by atoms with van der Waals surface area (Å²) in [5.41, 5.74) is 0.861. The van der Waals surface area contributed by atoms with Gasteiger partial charge in [0, 0.05) is 0 Å². The van der Waals surface area contributed by atoms with Crippen LogP contribution in [-0.2, 0) is 16.1 Å². The molecule has 1 aromatic rings. The summed E-state index contributed by atoms with van der Waals surface area (Å²) in [5, 5.41) is 2.27. The van der Waals surface area contributed by atoms with E-state index >= 15 is 0 Å². The predicted molar refractivity (Wildman–Crippen MR) is 73.5 cm³/mol. The number of urea groups is 1. The Kier molecular flexibility index (Phi) is 4.50. The number of carbonyl (C=O) groups is 3. The highest BCUT2D eigenvalue weighted by atomic mass is 16.2. The van der Waals surface area contributed by atoms with Gasteiger partial charge in [0.05, 0.1) is 6.54 Å². The highest BCUT2D eigenvalue weighted by Crippen LogP contribution is 2.19. The zero-order valence-corrected chi connectivity index (χ0v) is 11.5. The van der Waals surface area contributed by atoms with E-state index in [0.29, 0.717) is 6.42 Å². The van der Waals surface area contributed by atoms with Crippen molar-refractivity contribution in [1.82, 2.24) is 10.2 Å². The van der Waals surface area contributed by atoms with Gasteiger partial charge >= 0.3 is 6.03 Å². The van der Waals surface area contributed by atoms with Gasteiger partial charge in [-0.1, -0.05) is 50.1 Å². The monoisotopic (exact) mass is 274 g/mol. The number of nitrogens with zero attached hydrogens (tertiary/aromatic N) is 1. The van der Waals surface area contributed by atoms with E-state index in [9.17, 15) is 14.4 Å². The summed E-state index contributed by atoms with van der Waals surface area (Å²) in [4.78, 5) is 37.0. The number of unbranched alkanes of at least 4 members (excludes halogenated alkanes) is 1. The minimum atomic E-state index is -0.739. The van der Waals surface area contributed by atoms with E-state index in [1.807, 2.05) is 37.3 Å². The zero-order chi connectivity index (χ0) is 14.5. The van der Waals surface area contributed by atoms with Gasteiger partial charge in [0.15, 0.2) is 0 Å². The number of rotatable bonds is 5. The second kappa shape index (κ2) is 6.32. The van der Waals surface area contributed by atoms with Crippen LogP contribution in [0, 0.1) is 5.92 Å². The van der Waals surface area contributed by atoms with Crippen LogP contribution in [-0.4, -0.2) is 22.7 Å². The summed E-state index contributed by atoms with van der Waals surface area (Å²) in [5.74, 6) is -1.61. The SMILES string of the molecule is CCCCC1C(=O)NC(=O)N(Cc2ccccc2)C1=O. The fourth-order valence-corrected chi connectivity index (χ4v) is 2.24. The molecule has 1 saturated heterocycles. The topological polar surface area (TPSA) is 66.5 Å². The minimum absolute atomic E-state index is 0.196. The number of amides is 4. The third-order valence-corrected chi connectivity index (χ3v) is 3.39. The van der Waals surface area contributed by atoms with Crippen molar-refractivity contribution in [2.45, 2.75) is 32.7 Å². The zero-order valence-electron chi connectivity index (χ0n) is 11.5. The molecule has 1 aromatic carbocycles. The van der Waals surface area contributed by atoms with E-state index in [4.69, 9.17) is 0 Å².